The van der Waals surface area contributed by atoms with Gasteiger partial charge in [0.15, 0.2) is 0 Å². The standard InChI is InChI=1S/C20H16Br2N4O4/c1-11-6-14(12(2)25(11)15-4-3-5-16(9-15)26(29)30)10-23-24-20(28)13-7-17(21)19(27)18(22)8-13/h3-10,27H,1-2H3,(H,24,28)/b23-10-. The van der Waals surface area contributed by atoms with Crippen LogP contribution in [-0.4, -0.2) is 26.7 Å². The van der Waals surface area contributed by atoms with Crippen molar-refractivity contribution in [1.82, 2.24) is 9.99 Å². The maximum atomic E-state index is 12.3. The first-order valence-electron chi connectivity index (χ1n) is 8.64. The number of carbonyl (C=O) groups excluding carboxylic acids is 1. The Kier molecular flexibility index (Phi) is 6.37. The predicted molar refractivity (Wildman–Crippen MR) is 120 cm³/mol. The van der Waals surface area contributed by atoms with Crippen molar-refractivity contribution in [1.29, 1.82) is 0 Å². The largest absolute Gasteiger partial charge is 0.506 e. The molecule has 1 amide bonds. The van der Waals surface area contributed by atoms with Gasteiger partial charge in [0.25, 0.3) is 11.6 Å². The van der Waals surface area contributed by atoms with Crippen LogP contribution in [0.5, 0.6) is 5.75 Å². The molecule has 2 N–H and O–H groups in total. The Morgan fingerprint density at radius 3 is 2.50 bits per heavy atom. The Balaban J connectivity index is 1.82. The molecule has 0 fully saturated rings. The summed E-state index contributed by atoms with van der Waals surface area (Å²) in [5.41, 5.74) is 5.88. The van der Waals surface area contributed by atoms with Crippen LogP contribution in [0.1, 0.15) is 27.3 Å². The number of rotatable bonds is 5. The average Bonchev–Trinajstić information content (AvgIpc) is 2.98. The van der Waals surface area contributed by atoms with Crippen LogP contribution in [0, 0.1) is 24.0 Å². The fourth-order valence-electron chi connectivity index (χ4n) is 2.98. The molecule has 0 aliphatic heterocycles. The van der Waals surface area contributed by atoms with E-state index in [4.69, 9.17) is 0 Å². The van der Waals surface area contributed by atoms with Gasteiger partial charge in [-0.3, -0.25) is 14.9 Å². The zero-order valence-electron chi connectivity index (χ0n) is 15.9. The summed E-state index contributed by atoms with van der Waals surface area (Å²) in [6.07, 6.45) is 1.51. The van der Waals surface area contributed by atoms with E-state index in [0.717, 1.165) is 17.0 Å². The molecule has 0 saturated carbocycles. The smallest absolute Gasteiger partial charge is 0.271 e. The molecule has 1 aromatic heterocycles. The minimum atomic E-state index is -0.444. The highest BCUT2D eigenvalue weighted by Crippen LogP contribution is 2.33. The van der Waals surface area contributed by atoms with Crippen LogP contribution >= 0.6 is 31.9 Å². The second kappa shape index (κ2) is 8.80. The predicted octanol–water partition coefficient (Wildman–Crippen LogP) is 5.00. The number of halogens is 2. The third-order valence-electron chi connectivity index (χ3n) is 4.42. The molecule has 1 heterocycles. The molecule has 2 aromatic carbocycles. The quantitative estimate of drug-likeness (QED) is 0.272. The summed E-state index contributed by atoms with van der Waals surface area (Å²) in [5.74, 6) is -0.441. The third-order valence-corrected chi connectivity index (χ3v) is 5.63. The molecule has 0 radical (unpaired) electrons. The number of phenolic OH excluding ortho intramolecular Hbond substituents is 1. The van der Waals surface area contributed by atoms with E-state index in [2.05, 4.69) is 42.4 Å². The number of aromatic hydroxyl groups is 1. The molecule has 30 heavy (non-hydrogen) atoms. The molecular formula is C20H16Br2N4O4. The summed E-state index contributed by atoms with van der Waals surface area (Å²) in [6, 6.07) is 11.2. The summed E-state index contributed by atoms with van der Waals surface area (Å²) in [5, 5.41) is 24.8. The van der Waals surface area contributed by atoms with Crippen LogP contribution in [0.15, 0.2) is 56.5 Å². The first-order chi connectivity index (χ1) is 14.2. The number of aryl methyl sites for hydroxylation is 1. The number of amides is 1. The summed E-state index contributed by atoms with van der Waals surface area (Å²) in [6.45, 7) is 3.75. The molecule has 154 valence electrons. The molecule has 0 aliphatic carbocycles. The first-order valence-corrected chi connectivity index (χ1v) is 10.2. The molecular weight excluding hydrogens is 520 g/mol. The number of hydrazone groups is 1. The fraction of sp³-hybridized carbons (Fsp3) is 0.100. The topological polar surface area (TPSA) is 110 Å². The number of benzene rings is 2. The highest BCUT2D eigenvalue weighted by Gasteiger charge is 2.14. The second-order valence-corrected chi connectivity index (χ2v) is 8.14. The Labute approximate surface area is 188 Å². The van der Waals surface area contributed by atoms with Crippen molar-refractivity contribution in [3.63, 3.8) is 0 Å². The molecule has 0 aliphatic rings. The number of phenols is 1. The summed E-state index contributed by atoms with van der Waals surface area (Å²) in [4.78, 5) is 22.9. The van der Waals surface area contributed by atoms with Crippen molar-refractivity contribution in [2.75, 3.05) is 0 Å². The van der Waals surface area contributed by atoms with Crippen molar-refractivity contribution in [3.05, 3.63) is 84.0 Å². The lowest BCUT2D eigenvalue weighted by molar-refractivity contribution is -0.384. The molecule has 8 nitrogen and oxygen atoms in total. The van der Waals surface area contributed by atoms with Crippen molar-refractivity contribution in [2.24, 2.45) is 5.10 Å². The van der Waals surface area contributed by atoms with Gasteiger partial charge in [0.05, 0.1) is 25.8 Å². The lowest BCUT2D eigenvalue weighted by atomic mass is 10.2. The van der Waals surface area contributed by atoms with E-state index in [0.29, 0.717) is 20.2 Å². The van der Waals surface area contributed by atoms with E-state index in [1.807, 2.05) is 24.5 Å². The van der Waals surface area contributed by atoms with Gasteiger partial charge >= 0.3 is 0 Å². The van der Waals surface area contributed by atoms with Crippen LogP contribution in [0.25, 0.3) is 5.69 Å². The van der Waals surface area contributed by atoms with Gasteiger partial charge < -0.3 is 9.67 Å². The van der Waals surface area contributed by atoms with Crippen LogP contribution in [0.4, 0.5) is 5.69 Å². The minimum absolute atomic E-state index is 0.00337. The summed E-state index contributed by atoms with van der Waals surface area (Å²) >= 11 is 6.37. The number of hydrogen-bond acceptors (Lipinski definition) is 5. The lowest BCUT2D eigenvalue weighted by Gasteiger charge is -2.09. The number of aromatic nitrogens is 1. The van der Waals surface area contributed by atoms with Crippen LogP contribution in [0.3, 0.4) is 0 Å². The van der Waals surface area contributed by atoms with Gasteiger partial charge in [-0.05, 0) is 70.0 Å². The van der Waals surface area contributed by atoms with Crippen LogP contribution in [0.2, 0.25) is 0 Å². The van der Waals surface area contributed by atoms with Crippen molar-refractivity contribution in [2.45, 2.75) is 13.8 Å². The van der Waals surface area contributed by atoms with E-state index in [1.54, 1.807) is 12.1 Å². The molecule has 0 bridgehead atoms. The molecule has 0 spiro atoms. The minimum Gasteiger partial charge on any atom is -0.506 e. The van der Waals surface area contributed by atoms with Gasteiger partial charge in [0.1, 0.15) is 5.75 Å². The highest BCUT2D eigenvalue weighted by atomic mass is 79.9. The molecule has 0 unspecified atom stereocenters. The molecule has 0 atom stereocenters. The van der Waals surface area contributed by atoms with E-state index in [-0.39, 0.29) is 11.4 Å². The van der Waals surface area contributed by atoms with Crippen molar-refractivity contribution >= 4 is 49.7 Å². The van der Waals surface area contributed by atoms with Crippen molar-refractivity contribution < 1.29 is 14.8 Å². The molecule has 3 aromatic rings. The van der Waals surface area contributed by atoms with E-state index in [1.165, 1.54) is 30.5 Å². The monoisotopic (exact) mass is 534 g/mol. The first kappa shape index (κ1) is 21.7. The van der Waals surface area contributed by atoms with Crippen LogP contribution < -0.4 is 5.43 Å². The molecule has 10 heteroatoms. The Hall–Kier alpha value is -2.98. The number of hydrogen-bond donors (Lipinski definition) is 2. The van der Waals surface area contributed by atoms with E-state index >= 15 is 0 Å². The summed E-state index contributed by atoms with van der Waals surface area (Å²) < 4.78 is 2.64. The number of nitrogens with zero attached hydrogens (tertiary/aromatic N) is 3. The molecule has 3 rings (SSSR count). The lowest BCUT2D eigenvalue weighted by Crippen LogP contribution is -2.17. The van der Waals surface area contributed by atoms with E-state index in [9.17, 15) is 20.0 Å². The fourth-order valence-corrected chi connectivity index (χ4v) is 4.17. The maximum Gasteiger partial charge on any atom is 0.271 e. The number of nitrogens with one attached hydrogen (secondary N) is 1. The Bertz CT molecular complexity index is 1160. The Morgan fingerprint density at radius 2 is 1.87 bits per heavy atom. The van der Waals surface area contributed by atoms with Gasteiger partial charge in [-0.2, -0.15) is 5.10 Å². The van der Waals surface area contributed by atoms with Gasteiger partial charge in [0, 0.05) is 34.6 Å². The average molecular weight is 536 g/mol. The molecule has 0 saturated heterocycles. The number of nitro groups is 1. The normalized spacial score (nSPS) is 11.1. The zero-order chi connectivity index (χ0) is 22.0. The second-order valence-electron chi connectivity index (χ2n) is 6.43. The zero-order valence-corrected chi connectivity index (χ0v) is 19.1. The number of non-ortho nitro benzene ring substituents is 1. The van der Waals surface area contributed by atoms with Gasteiger partial charge in [-0.25, -0.2) is 5.43 Å². The number of carbonyl (C=O) groups is 1. The van der Waals surface area contributed by atoms with Gasteiger partial charge in [0.2, 0.25) is 0 Å². The summed E-state index contributed by atoms with van der Waals surface area (Å²) in [7, 11) is 0. The maximum absolute atomic E-state index is 12.3. The van der Waals surface area contributed by atoms with Gasteiger partial charge in [-0.1, -0.05) is 6.07 Å². The van der Waals surface area contributed by atoms with E-state index < -0.39 is 10.8 Å². The number of nitro benzene ring substituents is 1. The highest BCUT2D eigenvalue weighted by molar-refractivity contribution is 9.11. The van der Waals surface area contributed by atoms with Crippen molar-refractivity contribution in [3.8, 4) is 11.4 Å². The van der Waals surface area contributed by atoms with Crippen LogP contribution in [-0.2, 0) is 0 Å². The third kappa shape index (κ3) is 4.44. The SMILES string of the molecule is Cc1cc(/C=N\NC(=O)c2cc(Br)c(O)c(Br)c2)c(C)n1-c1cccc([N+](=O)[O-])c1. The van der Waals surface area contributed by atoms with Gasteiger partial charge in [-0.15, -0.1) is 0 Å². The Morgan fingerprint density at radius 1 is 1.20 bits per heavy atom.